The van der Waals surface area contributed by atoms with Gasteiger partial charge in [0.1, 0.15) is 10.5 Å². The van der Waals surface area contributed by atoms with E-state index in [1.165, 1.54) is 16.8 Å². The first-order chi connectivity index (χ1) is 12.3. The van der Waals surface area contributed by atoms with Crippen molar-refractivity contribution >= 4 is 12.2 Å². The van der Waals surface area contributed by atoms with Gasteiger partial charge in [-0.3, -0.25) is 0 Å². The van der Waals surface area contributed by atoms with Crippen molar-refractivity contribution in [3.8, 4) is 22.6 Å². The Labute approximate surface area is 152 Å². The smallest absolute Gasteiger partial charge is 0.142 e. The molecule has 1 N–H and O–H groups in total. The molecule has 25 heavy (non-hydrogen) atoms. The molecule has 0 saturated heterocycles. The number of benzene rings is 2. The zero-order valence-corrected chi connectivity index (χ0v) is 14.8. The minimum absolute atomic E-state index is 0.160. The monoisotopic (exact) mass is 348 g/mol. The molecule has 1 aliphatic carbocycles. The van der Waals surface area contributed by atoms with Crippen molar-refractivity contribution in [2.45, 2.75) is 25.8 Å². The summed E-state index contributed by atoms with van der Waals surface area (Å²) < 4.78 is 2.94. The maximum absolute atomic E-state index is 9.39. The standard InChI is InChI=1S/C21H20N2OS/c24-14-6-13-23-19-17-10-5-4-7-15(17)11-12-18(19)21(25)22-20(23)16-8-2-1-3-9-16/h1-5,7-10,24H,6,11-14H2. The highest BCUT2D eigenvalue weighted by molar-refractivity contribution is 7.71. The van der Waals surface area contributed by atoms with E-state index in [0.717, 1.165) is 36.3 Å². The molecule has 1 heterocycles. The fourth-order valence-corrected chi connectivity index (χ4v) is 3.90. The highest BCUT2D eigenvalue weighted by Crippen LogP contribution is 2.36. The molecule has 0 aliphatic heterocycles. The molecule has 3 aromatic rings. The number of aromatic nitrogens is 2. The van der Waals surface area contributed by atoms with Crippen molar-refractivity contribution < 1.29 is 5.11 Å². The molecule has 0 fully saturated rings. The molecular formula is C21H20N2OS. The summed E-state index contributed by atoms with van der Waals surface area (Å²) in [5.74, 6) is 0.884. The van der Waals surface area contributed by atoms with Crippen molar-refractivity contribution in [2.75, 3.05) is 6.61 Å². The minimum Gasteiger partial charge on any atom is -0.396 e. The molecule has 4 heteroatoms. The molecular weight excluding hydrogens is 328 g/mol. The third-order valence-corrected chi connectivity index (χ3v) is 5.10. The van der Waals surface area contributed by atoms with E-state index in [1.54, 1.807) is 0 Å². The van der Waals surface area contributed by atoms with Crippen LogP contribution >= 0.6 is 12.2 Å². The van der Waals surface area contributed by atoms with Crippen LogP contribution in [0, 0.1) is 4.64 Å². The summed E-state index contributed by atoms with van der Waals surface area (Å²) in [6, 6.07) is 18.7. The van der Waals surface area contributed by atoms with Gasteiger partial charge in [0.05, 0.1) is 5.69 Å². The molecule has 2 aromatic carbocycles. The van der Waals surface area contributed by atoms with Gasteiger partial charge in [0.25, 0.3) is 0 Å². The second kappa shape index (κ2) is 6.90. The molecule has 0 unspecified atom stereocenters. The van der Waals surface area contributed by atoms with Gasteiger partial charge < -0.3 is 9.67 Å². The molecule has 3 nitrogen and oxygen atoms in total. The highest BCUT2D eigenvalue weighted by Gasteiger charge is 2.23. The Morgan fingerprint density at radius 1 is 1.00 bits per heavy atom. The van der Waals surface area contributed by atoms with Crippen LogP contribution in [0.1, 0.15) is 17.5 Å². The second-order valence-electron chi connectivity index (χ2n) is 6.32. The maximum atomic E-state index is 9.39. The van der Waals surface area contributed by atoms with Crippen molar-refractivity contribution in [2.24, 2.45) is 0 Å². The largest absolute Gasteiger partial charge is 0.396 e. The molecule has 0 atom stereocenters. The summed E-state index contributed by atoms with van der Waals surface area (Å²) in [7, 11) is 0. The quantitative estimate of drug-likeness (QED) is 0.709. The molecule has 0 saturated carbocycles. The molecule has 126 valence electrons. The van der Waals surface area contributed by atoms with Crippen LogP contribution in [0.15, 0.2) is 54.6 Å². The summed E-state index contributed by atoms with van der Waals surface area (Å²) in [4.78, 5) is 4.78. The van der Waals surface area contributed by atoms with E-state index in [4.69, 9.17) is 17.2 Å². The third-order valence-electron chi connectivity index (χ3n) is 4.77. The van der Waals surface area contributed by atoms with Gasteiger partial charge in [0.2, 0.25) is 0 Å². The third kappa shape index (κ3) is 2.92. The SMILES string of the molecule is OCCCn1c(-c2ccccc2)nc(=S)c2c1-c1ccccc1CC2. The lowest BCUT2D eigenvalue weighted by atomic mass is 9.89. The molecule has 1 aromatic heterocycles. The van der Waals surface area contributed by atoms with Crippen LogP contribution in [0.5, 0.6) is 0 Å². The number of hydrogen-bond donors (Lipinski definition) is 1. The van der Waals surface area contributed by atoms with Crippen LogP contribution in [-0.4, -0.2) is 21.3 Å². The predicted octanol–water partition coefficient (Wildman–Crippen LogP) is 4.43. The summed E-state index contributed by atoms with van der Waals surface area (Å²) >= 11 is 5.65. The van der Waals surface area contributed by atoms with Gasteiger partial charge in [-0.1, -0.05) is 66.8 Å². The average molecular weight is 348 g/mol. The number of hydrogen-bond acceptors (Lipinski definition) is 3. The maximum Gasteiger partial charge on any atom is 0.142 e. The number of aliphatic hydroxyl groups excluding tert-OH is 1. The van der Waals surface area contributed by atoms with Crippen LogP contribution in [-0.2, 0) is 19.4 Å². The number of rotatable bonds is 4. The van der Waals surface area contributed by atoms with E-state index >= 15 is 0 Å². The van der Waals surface area contributed by atoms with Gasteiger partial charge in [0, 0.05) is 29.8 Å². The van der Waals surface area contributed by atoms with Crippen molar-refractivity contribution in [1.29, 1.82) is 0 Å². The first-order valence-corrected chi connectivity index (χ1v) is 9.08. The van der Waals surface area contributed by atoms with E-state index in [0.29, 0.717) is 11.1 Å². The van der Waals surface area contributed by atoms with Crippen molar-refractivity contribution in [1.82, 2.24) is 9.55 Å². The molecule has 1 aliphatic rings. The first-order valence-electron chi connectivity index (χ1n) is 8.68. The number of nitrogens with zero attached hydrogens (tertiary/aromatic N) is 2. The Morgan fingerprint density at radius 2 is 1.76 bits per heavy atom. The predicted molar refractivity (Wildman–Crippen MR) is 103 cm³/mol. The highest BCUT2D eigenvalue weighted by atomic mass is 32.1. The molecule has 0 amide bonds. The zero-order valence-electron chi connectivity index (χ0n) is 14.0. The molecule has 0 spiro atoms. The fraction of sp³-hybridized carbons (Fsp3) is 0.238. The summed E-state index contributed by atoms with van der Waals surface area (Å²) in [6.07, 6.45) is 2.61. The number of fused-ring (bicyclic) bond motifs is 3. The molecule has 0 radical (unpaired) electrons. The lowest BCUT2D eigenvalue weighted by Crippen LogP contribution is -2.17. The summed E-state index contributed by atoms with van der Waals surface area (Å²) in [5.41, 5.74) is 5.98. The van der Waals surface area contributed by atoms with Crippen LogP contribution < -0.4 is 0 Å². The number of aryl methyl sites for hydroxylation is 1. The Balaban J connectivity index is 2.02. The van der Waals surface area contributed by atoms with E-state index in [1.807, 2.05) is 18.2 Å². The minimum atomic E-state index is 0.160. The molecule has 0 bridgehead atoms. The normalized spacial score (nSPS) is 12.5. The Bertz CT molecular complexity index is 963. The van der Waals surface area contributed by atoms with Gasteiger partial charge >= 0.3 is 0 Å². The van der Waals surface area contributed by atoms with E-state index in [9.17, 15) is 5.11 Å². The fourth-order valence-electron chi connectivity index (χ4n) is 3.61. The van der Waals surface area contributed by atoms with E-state index in [2.05, 4.69) is 41.0 Å². The van der Waals surface area contributed by atoms with Gasteiger partial charge in [-0.05, 0) is 24.8 Å². The van der Waals surface area contributed by atoms with Gasteiger partial charge in [-0.25, -0.2) is 4.98 Å². The first kappa shape index (κ1) is 16.2. The lowest BCUT2D eigenvalue weighted by molar-refractivity contribution is 0.280. The van der Waals surface area contributed by atoms with E-state index in [-0.39, 0.29) is 6.61 Å². The topological polar surface area (TPSA) is 38.0 Å². The summed E-state index contributed by atoms with van der Waals surface area (Å²) in [6.45, 7) is 0.882. The van der Waals surface area contributed by atoms with Crippen LogP contribution in [0.25, 0.3) is 22.6 Å². The average Bonchev–Trinajstić information content (AvgIpc) is 2.67. The second-order valence-corrected chi connectivity index (χ2v) is 6.71. The van der Waals surface area contributed by atoms with Gasteiger partial charge in [-0.2, -0.15) is 0 Å². The van der Waals surface area contributed by atoms with Crippen LogP contribution in [0.3, 0.4) is 0 Å². The zero-order chi connectivity index (χ0) is 17.2. The van der Waals surface area contributed by atoms with Gasteiger partial charge in [-0.15, -0.1) is 0 Å². The lowest BCUT2D eigenvalue weighted by Gasteiger charge is -2.26. The number of aliphatic hydroxyl groups is 1. The van der Waals surface area contributed by atoms with Gasteiger partial charge in [0.15, 0.2) is 0 Å². The Hall–Kier alpha value is -2.30. The molecule has 4 rings (SSSR count). The summed E-state index contributed by atoms with van der Waals surface area (Å²) in [5, 5.41) is 9.39. The van der Waals surface area contributed by atoms with E-state index < -0.39 is 0 Å². The van der Waals surface area contributed by atoms with Crippen molar-refractivity contribution in [3.63, 3.8) is 0 Å². The Morgan fingerprint density at radius 3 is 2.56 bits per heavy atom. The van der Waals surface area contributed by atoms with Crippen LogP contribution in [0.2, 0.25) is 0 Å². The van der Waals surface area contributed by atoms with Crippen LogP contribution in [0.4, 0.5) is 0 Å². The Kier molecular flexibility index (Phi) is 4.47. The van der Waals surface area contributed by atoms with Crippen molar-refractivity contribution in [3.05, 3.63) is 70.4 Å².